The Morgan fingerprint density at radius 3 is 2.64 bits per heavy atom. The van der Waals surface area contributed by atoms with Crippen LogP contribution in [0.3, 0.4) is 0 Å². The molecule has 28 heavy (non-hydrogen) atoms. The van der Waals surface area contributed by atoms with Crippen LogP contribution >= 0.6 is 11.6 Å². The fraction of sp³-hybridized carbons (Fsp3) is 0.350. The highest BCUT2D eigenvalue weighted by molar-refractivity contribution is 6.33. The van der Waals surface area contributed by atoms with E-state index in [0.29, 0.717) is 18.1 Å². The van der Waals surface area contributed by atoms with E-state index in [4.69, 9.17) is 20.6 Å². The second-order valence-corrected chi connectivity index (χ2v) is 7.36. The maximum absolute atomic E-state index is 14.5. The zero-order valence-electron chi connectivity index (χ0n) is 15.8. The Balaban J connectivity index is 1.78. The molecule has 1 aromatic carbocycles. The van der Waals surface area contributed by atoms with E-state index in [1.165, 1.54) is 12.1 Å². The molecule has 0 N–H and O–H groups in total. The molecule has 1 aliphatic rings. The minimum atomic E-state index is -0.557. The summed E-state index contributed by atoms with van der Waals surface area (Å²) in [6, 6.07) is 4.18. The third-order valence-corrected chi connectivity index (χ3v) is 5.53. The van der Waals surface area contributed by atoms with E-state index in [0.717, 1.165) is 24.1 Å². The molecule has 4 rings (SSSR count). The number of benzene rings is 1. The molecule has 146 valence electrons. The smallest absolute Gasteiger partial charge is 0.260 e. The molecule has 0 radical (unpaired) electrons. The summed E-state index contributed by atoms with van der Waals surface area (Å²) >= 11 is 6.19. The van der Waals surface area contributed by atoms with Gasteiger partial charge in [-0.15, -0.1) is 0 Å². The lowest BCUT2D eigenvalue weighted by Gasteiger charge is -2.25. The number of likely N-dealkylation sites (tertiary alicyclic amines) is 1. The van der Waals surface area contributed by atoms with Crippen LogP contribution in [0.5, 0.6) is 0 Å². The molecule has 1 saturated heterocycles. The third kappa shape index (κ3) is 2.90. The monoisotopic (exact) mass is 403 g/mol. The summed E-state index contributed by atoms with van der Waals surface area (Å²) in [5.41, 5.74) is 2.10. The van der Waals surface area contributed by atoms with E-state index in [-0.39, 0.29) is 33.8 Å². The molecule has 1 aliphatic heterocycles. The van der Waals surface area contributed by atoms with E-state index >= 15 is 0 Å². The predicted octanol–water partition coefficient (Wildman–Crippen LogP) is 5.02. The molecule has 8 heteroatoms. The fourth-order valence-electron chi connectivity index (χ4n) is 3.94. The van der Waals surface area contributed by atoms with Gasteiger partial charge < -0.3 is 13.9 Å². The molecule has 0 unspecified atom stereocenters. The minimum absolute atomic E-state index is 0.0671. The number of aromatic nitrogens is 2. The predicted molar refractivity (Wildman–Crippen MR) is 101 cm³/mol. The molecule has 6 nitrogen and oxygen atoms in total. The van der Waals surface area contributed by atoms with Gasteiger partial charge in [0, 0.05) is 12.1 Å². The summed E-state index contributed by atoms with van der Waals surface area (Å²) in [6.45, 7) is 5.91. The van der Waals surface area contributed by atoms with Crippen molar-refractivity contribution in [2.75, 3.05) is 6.54 Å². The van der Waals surface area contributed by atoms with Crippen molar-refractivity contribution in [2.24, 2.45) is 0 Å². The van der Waals surface area contributed by atoms with Crippen molar-refractivity contribution in [3.05, 3.63) is 57.4 Å². The number of nitrogens with zero attached hydrogens (tertiary/aromatic N) is 3. The number of amides is 1. The maximum Gasteiger partial charge on any atom is 0.260 e. The van der Waals surface area contributed by atoms with Gasteiger partial charge in [-0.25, -0.2) is 4.39 Å². The zero-order chi connectivity index (χ0) is 20.0. The first-order chi connectivity index (χ1) is 13.4. The van der Waals surface area contributed by atoms with E-state index in [1.54, 1.807) is 17.9 Å². The first-order valence-corrected chi connectivity index (χ1v) is 9.42. The van der Waals surface area contributed by atoms with Crippen molar-refractivity contribution < 1.29 is 18.2 Å². The Morgan fingerprint density at radius 2 is 1.96 bits per heavy atom. The van der Waals surface area contributed by atoms with E-state index in [2.05, 4.69) is 10.3 Å². The molecule has 0 saturated carbocycles. The Hall–Kier alpha value is -2.67. The number of halogens is 2. The molecule has 0 bridgehead atoms. The van der Waals surface area contributed by atoms with Crippen LogP contribution in [0.4, 0.5) is 4.39 Å². The van der Waals surface area contributed by atoms with Crippen LogP contribution < -0.4 is 0 Å². The second kappa shape index (κ2) is 7.05. The Bertz CT molecular complexity index is 1020. The number of rotatable bonds is 3. The highest BCUT2D eigenvalue weighted by Crippen LogP contribution is 2.39. The average Bonchev–Trinajstić information content (AvgIpc) is 3.34. The molecular weight excluding hydrogens is 385 g/mol. The van der Waals surface area contributed by atoms with Gasteiger partial charge >= 0.3 is 0 Å². The summed E-state index contributed by atoms with van der Waals surface area (Å²) in [7, 11) is 0. The van der Waals surface area contributed by atoms with Gasteiger partial charge in [0.2, 0.25) is 0 Å². The van der Waals surface area contributed by atoms with Crippen molar-refractivity contribution in [1.29, 1.82) is 0 Å². The van der Waals surface area contributed by atoms with Crippen LogP contribution in [0.15, 0.2) is 27.2 Å². The summed E-state index contributed by atoms with van der Waals surface area (Å²) in [5.74, 6) is 0.194. The first-order valence-electron chi connectivity index (χ1n) is 9.04. The van der Waals surface area contributed by atoms with Crippen molar-refractivity contribution >= 4 is 17.5 Å². The zero-order valence-corrected chi connectivity index (χ0v) is 16.5. The molecule has 0 spiro atoms. The van der Waals surface area contributed by atoms with Gasteiger partial charge in [0.05, 0.1) is 22.3 Å². The number of carbonyl (C=O) groups excluding carboxylic acids is 1. The Morgan fingerprint density at radius 1 is 1.21 bits per heavy atom. The third-order valence-electron chi connectivity index (χ3n) is 5.21. The van der Waals surface area contributed by atoms with Crippen LogP contribution in [0.2, 0.25) is 5.02 Å². The number of carbonyl (C=O) groups is 1. The normalized spacial score (nSPS) is 16.8. The van der Waals surface area contributed by atoms with Crippen LogP contribution in [0.1, 0.15) is 52.0 Å². The van der Waals surface area contributed by atoms with Crippen LogP contribution in [-0.4, -0.2) is 27.7 Å². The molecule has 0 aliphatic carbocycles. The quantitative estimate of drug-likeness (QED) is 0.613. The summed E-state index contributed by atoms with van der Waals surface area (Å²) in [5, 5.41) is 8.13. The lowest BCUT2D eigenvalue weighted by molar-refractivity contribution is 0.0733. The van der Waals surface area contributed by atoms with Gasteiger partial charge in [0.15, 0.2) is 0 Å². The molecule has 1 atom stereocenters. The van der Waals surface area contributed by atoms with Crippen LogP contribution in [0, 0.1) is 26.6 Å². The van der Waals surface area contributed by atoms with Gasteiger partial charge in [0.1, 0.15) is 28.6 Å². The lowest BCUT2D eigenvalue weighted by Crippen LogP contribution is -2.31. The average molecular weight is 404 g/mol. The highest BCUT2D eigenvalue weighted by atomic mass is 35.5. The van der Waals surface area contributed by atoms with E-state index in [9.17, 15) is 9.18 Å². The largest absolute Gasteiger partial charge is 0.361 e. The molecule has 1 fully saturated rings. The van der Waals surface area contributed by atoms with Gasteiger partial charge in [-0.1, -0.05) is 28.0 Å². The van der Waals surface area contributed by atoms with E-state index in [1.807, 2.05) is 13.8 Å². The number of aryl methyl sites for hydroxylation is 3. The Labute approximate surface area is 166 Å². The number of hydrogen-bond acceptors (Lipinski definition) is 5. The second-order valence-electron chi connectivity index (χ2n) is 6.95. The topological polar surface area (TPSA) is 72.4 Å². The van der Waals surface area contributed by atoms with Gasteiger partial charge in [-0.2, -0.15) is 0 Å². The molecule has 1 amide bonds. The number of hydrogen-bond donors (Lipinski definition) is 0. The first kappa shape index (κ1) is 18.7. The van der Waals surface area contributed by atoms with E-state index < -0.39 is 5.82 Å². The molecule has 2 aromatic heterocycles. The standard InChI is InChI=1S/C20H19ClFN3O3/c1-10-16(11(2)27-23-10)15-8-5-9-25(15)20(26)17-12(3)28-24-19(17)18-13(21)6-4-7-14(18)22/h4,6-7,15H,5,8-9H2,1-3H3/t15-/m0/s1. The SMILES string of the molecule is Cc1noc(C)c1[C@@H]1CCCN1C(=O)c1c(-c2c(F)cccc2Cl)noc1C. The van der Waals surface area contributed by atoms with Crippen LogP contribution in [0.25, 0.3) is 11.3 Å². The molecular formula is C20H19ClFN3O3. The molecule has 3 heterocycles. The van der Waals surface area contributed by atoms with Crippen molar-refractivity contribution in [3.63, 3.8) is 0 Å². The van der Waals surface area contributed by atoms with Gasteiger partial charge in [-0.05, 0) is 45.7 Å². The molecule has 3 aromatic rings. The summed E-state index contributed by atoms with van der Waals surface area (Å²) in [4.78, 5) is 15.2. The summed E-state index contributed by atoms with van der Waals surface area (Å²) < 4.78 is 25.0. The van der Waals surface area contributed by atoms with Crippen LogP contribution in [-0.2, 0) is 0 Å². The lowest BCUT2D eigenvalue weighted by atomic mass is 10.0. The van der Waals surface area contributed by atoms with Gasteiger partial charge in [0.25, 0.3) is 5.91 Å². The van der Waals surface area contributed by atoms with Crippen molar-refractivity contribution in [2.45, 2.75) is 39.7 Å². The van der Waals surface area contributed by atoms with Crippen molar-refractivity contribution in [1.82, 2.24) is 15.2 Å². The Kier molecular flexibility index (Phi) is 4.71. The minimum Gasteiger partial charge on any atom is -0.361 e. The summed E-state index contributed by atoms with van der Waals surface area (Å²) in [6.07, 6.45) is 1.65. The van der Waals surface area contributed by atoms with Gasteiger partial charge in [-0.3, -0.25) is 4.79 Å². The van der Waals surface area contributed by atoms with Crippen molar-refractivity contribution in [3.8, 4) is 11.3 Å². The maximum atomic E-state index is 14.5. The fourth-order valence-corrected chi connectivity index (χ4v) is 4.19. The highest BCUT2D eigenvalue weighted by Gasteiger charge is 2.37.